The van der Waals surface area contributed by atoms with Crippen molar-refractivity contribution in [2.75, 3.05) is 0 Å². The molecule has 0 radical (unpaired) electrons. The Morgan fingerprint density at radius 3 is 2.28 bits per heavy atom. The van der Waals surface area contributed by atoms with Gasteiger partial charge in [-0.1, -0.05) is 75.4 Å². The van der Waals surface area contributed by atoms with Crippen LogP contribution in [0.5, 0.6) is 0 Å². The molecule has 0 bridgehead atoms. The molecule has 0 atom stereocenters. The van der Waals surface area contributed by atoms with Crippen molar-refractivity contribution >= 4 is 0 Å². The van der Waals surface area contributed by atoms with Crippen molar-refractivity contribution in [1.29, 1.82) is 0 Å². The molecule has 1 aliphatic rings. The minimum Gasteiger partial charge on any atom is -0.252 e. The SMILES string of the molecule is CC(C)(C)c1cc(-c2ccccc2)c2c(n1)-c1ccccc1CCC2. The molecule has 0 N–H and O–H groups in total. The van der Waals surface area contributed by atoms with E-state index in [1.165, 1.54) is 45.6 Å². The van der Waals surface area contributed by atoms with E-state index in [0.717, 1.165) is 12.8 Å². The van der Waals surface area contributed by atoms with Crippen LogP contribution in [0.4, 0.5) is 0 Å². The highest BCUT2D eigenvalue weighted by Crippen LogP contribution is 2.39. The molecule has 0 amide bonds. The molecule has 0 unspecified atom stereocenters. The van der Waals surface area contributed by atoms with Crippen molar-refractivity contribution in [3.8, 4) is 22.4 Å². The van der Waals surface area contributed by atoms with Gasteiger partial charge in [0.2, 0.25) is 0 Å². The molecule has 1 heterocycles. The Morgan fingerprint density at radius 1 is 0.800 bits per heavy atom. The lowest BCUT2D eigenvalue weighted by molar-refractivity contribution is 0.569. The Labute approximate surface area is 150 Å². The van der Waals surface area contributed by atoms with Crippen LogP contribution in [-0.4, -0.2) is 4.98 Å². The molecule has 1 nitrogen and oxygen atoms in total. The number of fused-ring (bicyclic) bond motifs is 3. The molecule has 25 heavy (non-hydrogen) atoms. The number of rotatable bonds is 1. The van der Waals surface area contributed by atoms with Crippen molar-refractivity contribution in [3.63, 3.8) is 0 Å². The number of aromatic nitrogens is 1. The van der Waals surface area contributed by atoms with E-state index in [9.17, 15) is 0 Å². The fourth-order valence-corrected chi connectivity index (χ4v) is 3.73. The van der Waals surface area contributed by atoms with Crippen LogP contribution >= 0.6 is 0 Å². The van der Waals surface area contributed by atoms with Crippen molar-refractivity contribution in [1.82, 2.24) is 4.98 Å². The first-order valence-corrected chi connectivity index (χ1v) is 9.22. The zero-order valence-corrected chi connectivity index (χ0v) is 15.3. The van der Waals surface area contributed by atoms with E-state index in [-0.39, 0.29) is 5.41 Å². The highest BCUT2D eigenvalue weighted by molar-refractivity contribution is 5.78. The summed E-state index contributed by atoms with van der Waals surface area (Å²) in [7, 11) is 0. The van der Waals surface area contributed by atoms with Gasteiger partial charge in [-0.25, -0.2) is 0 Å². The lowest BCUT2D eigenvalue weighted by atomic mass is 9.86. The van der Waals surface area contributed by atoms with E-state index >= 15 is 0 Å². The van der Waals surface area contributed by atoms with E-state index < -0.39 is 0 Å². The number of benzene rings is 2. The number of hydrogen-bond acceptors (Lipinski definition) is 1. The number of aryl methyl sites for hydroxylation is 1. The minimum atomic E-state index is 0.0276. The summed E-state index contributed by atoms with van der Waals surface area (Å²) in [5.74, 6) is 0. The smallest absolute Gasteiger partial charge is 0.0746 e. The van der Waals surface area contributed by atoms with Gasteiger partial charge in [0.05, 0.1) is 5.69 Å². The Hall–Kier alpha value is -2.41. The predicted molar refractivity (Wildman–Crippen MR) is 106 cm³/mol. The van der Waals surface area contributed by atoms with Crippen LogP contribution in [-0.2, 0) is 18.3 Å². The monoisotopic (exact) mass is 327 g/mol. The zero-order valence-electron chi connectivity index (χ0n) is 15.3. The molecule has 0 fully saturated rings. The van der Waals surface area contributed by atoms with Gasteiger partial charge in [-0.3, -0.25) is 4.98 Å². The Bertz CT molecular complexity index is 901. The summed E-state index contributed by atoms with van der Waals surface area (Å²) in [6.07, 6.45) is 3.40. The van der Waals surface area contributed by atoms with Crippen LogP contribution in [0, 0.1) is 0 Å². The molecule has 0 spiro atoms. The van der Waals surface area contributed by atoms with E-state index in [1.54, 1.807) is 0 Å². The lowest BCUT2D eigenvalue weighted by Crippen LogP contribution is -2.15. The van der Waals surface area contributed by atoms with Crippen LogP contribution < -0.4 is 0 Å². The summed E-state index contributed by atoms with van der Waals surface area (Å²) < 4.78 is 0. The minimum absolute atomic E-state index is 0.0276. The molecule has 3 aromatic rings. The molecule has 1 aromatic heterocycles. The van der Waals surface area contributed by atoms with Crippen molar-refractivity contribution < 1.29 is 0 Å². The van der Waals surface area contributed by atoms with Gasteiger partial charge in [-0.05, 0) is 47.6 Å². The Kier molecular flexibility index (Phi) is 3.95. The van der Waals surface area contributed by atoms with Crippen LogP contribution in [0.3, 0.4) is 0 Å². The molecular formula is C24H25N. The van der Waals surface area contributed by atoms with Gasteiger partial charge >= 0.3 is 0 Å². The molecule has 126 valence electrons. The molecule has 1 aliphatic carbocycles. The van der Waals surface area contributed by atoms with Crippen LogP contribution in [0.1, 0.15) is 44.0 Å². The summed E-state index contributed by atoms with van der Waals surface area (Å²) in [5, 5.41) is 0. The van der Waals surface area contributed by atoms with Crippen LogP contribution in [0.25, 0.3) is 22.4 Å². The Balaban J connectivity index is 2.04. The van der Waals surface area contributed by atoms with Crippen LogP contribution in [0.15, 0.2) is 60.7 Å². The topological polar surface area (TPSA) is 12.9 Å². The lowest BCUT2D eigenvalue weighted by Gasteiger charge is -2.23. The summed E-state index contributed by atoms with van der Waals surface area (Å²) >= 11 is 0. The maximum atomic E-state index is 5.17. The zero-order chi connectivity index (χ0) is 17.4. The highest BCUT2D eigenvalue weighted by atomic mass is 14.7. The van der Waals surface area contributed by atoms with Gasteiger partial charge < -0.3 is 0 Å². The van der Waals surface area contributed by atoms with Crippen molar-refractivity contribution in [2.24, 2.45) is 0 Å². The van der Waals surface area contributed by atoms with E-state index in [2.05, 4.69) is 81.4 Å². The second-order valence-electron chi connectivity index (χ2n) is 8.01. The van der Waals surface area contributed by atoms with Crippen molar-refractivity contribution in [3.05, 3.63) is 77.5 Å². The first-order valence-electron chi connectivity index (χ1n) is 9.22. The molecule has 4 rings (SSSR count). The number of hydrogen-bond donors (Lipinski definition) is 0. The third kappa shape index (κ3) is 3.00. The fourth-order valence-electron chi connectivity index (χ4n) is 3.73. The quantitative estimate of drug-likeness (QED) is 0.518. The first-order chi connectivity index (χ1) is 12.0. The fraction of sp³-hybridized carbons (Fsp3) is 0.292. The largest absolute Gasteiger partial charge is 0.252 e. The molecular weight excluding hydrogens is 302 g/mol. The van der Waals surface area contributed by atoms with E-state index in [0.29, 0.717) is 0 Å². The summed E-state index contributed by atoms with van der Waals surface area (Å²) in [6.45, 7) is 6.75. The first kappa shape index (κ1) is 16.1. The van der Waals surface area contributed by atoms with Crippen LogP contribution in [0.2, 0.25) is 0 Å². The summed E-state index contributed by atoms with van der Waals surface area (Å²) in [5.41, 5.74) is 9.19. The number of nitrogens with zero attached hydrogens (tertiary/aromatic N) is 1. The standard InChI is InChI=1S/C24H25N/c1-24(2,3)22-16-21(18-10-5-4-6-11-18)20-15-9-13-17-12-7-8-14-19(17)23(20)25-22/h4-8,10-12,14,16H,9,13,15H2,1-3H3. The summed E-state index contributed by atoms with van der Waals surface area (Å²) in [4.78, 5) is 5.17. The average Bonchev–Trinajstić information content (AvgIpc) is 2.80. The van der Waals surface area contributed by atoms with Gasteiger partial charge in [0.1, 0.15) is 0 Å². The Morgan fingerprint density at radius 2 is 1.52 bits per heavy atom. The van der Waals surface area contributed by atoms with Crippen molar-refractivity contribution in [2.45, 2.75) is 45.4 Å². The van der Waals surface area contributed by atoms with Gasteiger partial charge in [-0.15, -0.1) is 0 Å². The molecule has 1 heteroatoms. The second-order valence-corrected chi connectivity index (χ2v) is 8.01. The second kappa shape index (κ2) is 6.15. The maximum Gasteiger partial charge on any atom is 0.0746 e. The predicted octanol–water partition coefficient (Wildman–Crippen LogP) is 6.20. The molecule has 0 aliphatic heterocycles. The highest BCUT2D eigenvalue weighted by Gasteiger charge is 2.24. The number of pyridine rings is 1. The molecule has 0 saturated carbocycles. The third-order valence-electron chi connectivity index (χ3n) is 5.12. The van der Waals surface area contributed by atoms with Gasteiger partial charge in [-0.2, -0.15) is 0 Å². The van der Waals surface area contributed by atoms with Gasteiger partial charge in [0.25, 0.3) is 0 Å². The van der Waals surface area contributed by atoms with E-state index in [4.69, 9.17) is 4.98 Å². The maximum absolute atomic E-state index is 5.17. The van der Waals surface area contributed by atoms with Gasteiger partial charge in [0, 0.05) is 16.7 Å². The average molecular weight is 327 g/mol. The van der Waals surface area contributed by atoms with E-state index in [1.807, 2.05) is 0 Å². The van der Waals surface area contributed by atoms with Gasteiger partial charge in [0.15, 0.2) is 0 Å². The normalized spacial score (nSPS) is 13.7. The summed E-state index contributed by atoms with van der Waals surface area (Å²) in [6, 6.07) is 21.9. The molecule has 0 saturated heterocycles. The third-order valence-corrected chi connectivity index (χ3v) is 5.12. The molecule has 2 aromatic carbocycles.